The van der Waals surface area contributed by atoms with Crippen molar-refractivity contribution in [1.82, 2.24) is 5.32 Å². The highest BCUT2D eigenvalue weighted by Crippen LogP contribution is 2.33. The Hall–Kier alpha value is -0.580. The van der Waals surface area contributed by atoms with E-state index in [4.69, 9.17) is 4.74 Å². The molecule has 0 aromatic heterocycles. The lowest BCUT2D eigenvalue weighted by Crippen LogP contribution is -2.29. The predicted molar refractivity (Wildman–Crippen MR) is 75.9 cm³/mol. The van der Waals surface area contributed by atoms with Crippen LogP contribution in [0.5, 0.6) is 5.75 Å². The van der Waals surface area contributed by atoms with Gasteiger partial charge in [0.05, 0.1) is 12.7 Å². The molecule has 1 heterocycles. The van der Waals surface area contributed by atoms with Gasteiger partial charge in [0.25, 0.3) is 0 Å². The Balaban J connectivity index is 1.97. The summed E-state index contributed by atoms with van der Waals surface area (Å²) >= 11 is 3.50. The standard InChI is InChI=1S/C14H20BrNO2/c1-2-11(17)5-7-16-13-6-8-18-14-4-3-10(15)9-12(13)14/h3-4,9,11,13,16-17H,2,5-8H2,1H3. The summed E-state index contributed by atoms with van der Waals surface area (Å²) in [6.45, 7) is 3.60. The maximum Gasteiger partial charge on any atom is 0.124 e. The number of hydrogen-bond donors (Lipinski definition) is 2. The minimum Gasteiger partial charge on any atom is -0.493 e. The first kappa shape index (κ1) is 13.8. The Bertz CT molecular complexity index is 397. The minimum absolute atomic E-state index is 0.195. The maximum absolute atomic E-state index is 9.55. The zero-order valence-electron chi connectivity index (χ0n) is 10.7. The van der Waals surface area contributed by atoms with Crippen LogP contribution >= 0.6 is 15.9 Å². The minimum atomic E-state index is -0.195. The Kier molecular flexibility index (Phi) is 5.03. The van der Waals surface area contributed by atoms with Crippen LogP contribution < -0.4 is 10.1 Å². The second kappa shape index (κ2) is 6.55. The molecule has 0 bridgehead atoms. The number of hydrogen-bond acceptors (Lipinski definition) is 3. The number of halogens is 1. The molecule has 0 amide bonds. The van der Waals surface area contributed by atoms with E-state index in [-0.39, 0.29) is 6.10 Å². The van der Waals surface area contributed by atoms with Crippen molar-refractivity contribution in [2.75, 3.05) is 13.2 Å². The first-order valence-electron chi connectivity index (χ1n) is 6.54. The highest BCUT2D eigenvalue weighted by molar-refractivity contribution is 9.10. The molecular weight excluding hydrogens is 294 g/mol. The third kappa shape index (κ3) is 3.46. The SMILES string of the molecule is CCC(O)CCNC1CCOc2ccc(Br)cc21. The molecular formula is C14H20BrNO2. The molecule has 2 atom stereocenters. The highest BCUT2D eigenvalue weighted by Gasteiger charge is 2.21. The summed E-state index contributed by atoms with van der Waals surface area (Å²) < 4.78 is 6.72. The van der Waals surface area contributed by atoms with Crippen molar-refractivity contribution >= 4 is 15.9 Å². The van der Waals surface area contributed by atoms with Gasteiger partial charge in [-0.3, -0.25) is 0 Å². The Labute approximate surface area is 117 Å². The predicted octanol–water partition coefficient (Wildman–Crippen LogP) is 3.02. The highest BCUT2D eigenvalue weighted by atomic mass is 79.9. The summed E-state index contributed by atoms with van der Waals surface area (Å²) in [6, 6.07) is 6.45. The molecule has 1 aliphatic rings. The molecule has 0 fully saturated rings. The van der Waals surface area contributed by atoms with E-state index in [1.54, 1.807) is 0 Å². The number of nitrogens with one attached hydrogen (secondary N) is 1. The molecule has 0 aliphatic carbocycles. The molecule has 3 nitrogen and oxygen atoms in total. The molecule has 2 rings (SSSR count). The van der Waals surface area contributed by atoms with Crippen LogP contribution in [0.15, 0.2) is 22.7 Å². The second-order valence-corrected chi connectivity index (χ2v) is 5.59. The number of fused-ring (bicyclic) bond motifs is 1. The molecule has 1 aliphatic heterocycles. The van der Waals surface area contributed by atoms with E-state index in [2.05, 4.69) is 27.3 Å². The zero-order valence-corrected chi connectivity index (χ0v) is 12.2. The third-order valence-electron chi connectivity index (χ3n) is 3.35. The molecule has 0 radical (unpaired) electrons. The van der Waals surface area contributed by atoms with Crippen molar-refractivity contribution in [2.45, 2.75) is 38.3 Å². The van der Waals surface area contributed by atoms with Gasteiger partial charge in [0.15, 0.2) is 0 Å². The fourth-order valence-corrected chi connectivity index (χ4v) is 2.58. The van der Waals surface area contributed by atoms with Crippen molar-refractivity contribution < 1.29 is 9.84 Å². The first-order chi connectivity index (χ1) is 8.70. The molecule has 1 aromatic carbocycles. The molecule has 2 unspecified atom stereocenters. The quantitative estimate of drug-likeness (QED) is 0.878. The lowest BCUT2D eigenvalue weighted by atomic mass is 10.0. The van der Waals surface area contributed by atoms with Gasteiger partial charge < -0.3 is 15.2 Å². The third-order valence-corrected chi connectivity index (χ3v) is 3.84. The summed E-state index contributed by atoms with van der Waals surface area (Å²) in [5.74, 6) is 0.970. The van der Waals surface area contributed by atoms with Gasteiger partial charge in [-0.1, -0.05) is 22.9 Å². The summed E-state index contributed by atoms with van der Waals surface area (Å²) in [5.41, 5.74) is 1.21. The summed E-state index contributed by atoms with van der Waals surface area (Å²) in [6.07, 6.45) is 2.40. The van der Waals surface area contributed by atoms with Crippen LogP contribution in [0.1, 0.15) is 37.8 Å². The average molecular weight is 314 g/mol. The van der Waals surface area contributed by atoms with Crippen molar-refractivity contribution in [3.63, 3.8) is 0 Å². The zero-order chi connectivity index (χ0) is 13.0. The van der Waals surface area contributed by atoms with E-state index >= 15 is 0 Å². The number of aliphatic hydroxyl groups is 1. The molecule has 0 spiro atoms. The molecule has 0 saturated heterocycles. The first-order valence-corrected chi connectivity index (χ1v) is 7.33. The molecule has 18 heavy (non-hydrogen) atoms. The van der Waals surface area contributed by atoms with Crippen LogP contribution in [0.3, 0.4) is 0 Å². The Morgan fingerprint density at radius 3 is 3.17 bits per heavy atom. The molecule has 1 aromatic rings. The molecule has 4 heteroatoms. The lowest BCUT2D eigenvalue weighted by molar-refractivity contribution is 0.156. The van der Waals surface area contributed by atoms with Gasteiger partial charge in [0.2, 0.25) is 0 Å². The van der Waals surface area contributed by atoms with Gasteiger partial charge in [0.1, 0.15) is 5.75 Å². The molecule has 100 valence electrons. The maximum atomic E-state index is 9.55. The van der Waals surface area contributed by atoms with E-state index < -0.39 is 0 Å². The topological polar surface area (TPSA) is 41.5 Å². The van der Waals surface area contributed by atoms with E-state index in [1.807, 2.05) is 19.1 Å². The van der Waals surface area contributed by atoms with Gasteiger partial charge in [-0.15, -0.1) is 0 Å². The van der Waals surface area contributed by atoms with Crippen LogP contribution in [0.25, 0.3) is 0 Å². The summed E-state index contributed by atoms with van der Waals surface area (Å²) in [5, 5.41) is 13.1. The van der Waals surface area contributed by atoms with Crippen LogP contribution in [-0.2, 0) is 0 Å². The van der Waals surface area contributed by atoms with Crippen LogP contribution in [-0.4, -0.2) is 24.4 Å². The van der Waals surface area contributed by atoms with Crippen molar-refractivity contribution in [1.29, 1.82) is 0 Å². The second-order valence-electron chi connectivity index (χ2n) is 4.68. The number of ether oxygens (including phenoxy) is 1. The van der Waals surface area contributed by atoms with Crippen LogP contribution in [0.2, 0.25) is 0 Å². The average Bonchev–Trinajstić information content (AvgIpc) is 2.39. The van der Waals surface area contributed by atoms with Crippen molar-refractivity contribution in [3.05, 3.63) is 28.2 Å². The van der Waals surface area contributed by atoms with Crippen LogP contribution in [0.4, 0.5) is 0 Å². The van der Waals surface area contributed by atoms with Crippen molar-refractivity contribution in [3.8, 4) is 5.75 Å². The van der Waals surface area contributed by atoms with Gasteiger partial charge in [-0.2, -0.15) is 0 Å². The van der Waals surface area contributed by atoms with Gasteiger partial charge >= 0.3 is 0 Å². The van der Waals surface area contributed by atoms with E-state index in [0.29, 0.717) is 6.04 Å². The molecule has 2 N–H and O–H groups in total. The summed E-state index contributed by atoms with van der Waals surface area (Å²) in [4.78, 5) is 0. The smallest absolute Gasteiger partial charge is 0.124 e. The summed E-state index contributed by atoms with van der Waals surface area (Å²) in [7, 11) is 0. The van der Waals surface area contributed by atoms with Gasteiger partial charge in [0, 0.05) is 22.5 Å². The fraction of sp³-hybridized carbons (Fsp3) is 0.571. The Morgan fingerprint density at radius 2 is 2.39 bits per heavy atom. The molecule has 0 saturated carbocycles. The number of rotatable bonds is 5. The Morgan fingerprint density at radius 1 is 1.56 bits per heavy atom. The number of aliphatic hydroxyl groups excluding tert-OH is 1. The monoisotopic (exact) mass is 313 g/mol. The fourth-order valence-electron chi connectivity index (χ4n) is 2.21. The largest absolute Gasteiger partial charge is 0.493 e. The lowest BCUT2D eigenvalue weighted by Gasteiger charge is -2.27. The van der Waals surface area contributed by atoms with Gasteiger partial charge in [-0.25, -0.2) is 0 Å². The van der Waals surface area contributed by atoms with E-state index in [9.17, 15) is 5.11 Å². The van der Waals surface area contributed by atoms with Crippen molar-refractivity contribution in [2.24, 2.45) is 0 Å². The van der Waals surface area contributed by atoms with E-state index in [1.165, 1.54) is 5.56 Å². The number of benzene rings is 1. The van der Waals surface area contributed by atoms with E-state index in [0.717, 1.165) is 42.6 Å². The van der Waals surface area contributed by atoms with Gasteiger partial charge in [-0.05, 0) is 37.6 Å². The van der Waals surface area contributed by atoms with Crippen LogP contribution in [0, 0.1) is 0 Å². The normalized spacial score (nSPS) is 20.1.